The highest BCUT2D eigenvalue weighted by molar-refractivity contribution is 6.30. The summed E-state index contributed by atoms with van der Waals surface area (Å²) in [6.45, 7) is 2.23. The second-order valence-electron chi connectivity index (χ2n) is 4.18. The van der Waals surface area contributed by atoms with E-state index in [0.717, 1.165) is 18.7 Å². The van der Waals surface area contributed by atoms with Crippen molar-refractivity contribution in [2.45, 2.75) is 6.54 Å². The van der Waals surface area contributed by atoms with E-state index >= 15 is 0 Å². The first kappa shape index (κ1) is 11.4. The number of benzene rings is 1. The van der Waals surface area contributed by atoms with E-state index in [1.54, 1.807) is 4.90 Å². The van der Waals surface area contributed by atoms with Gasteiger partial charge in [-0.3, -0.25) is 4.79 Å². The van der Waals surface area contributed by atoms with E-state index in [2.05, 4.69) is 5.32 Å². The second kappa shape index (κ2) is 4.85. The third kappa shape index (κ3) is 2.54. The Morgan fingerprint density at radius 3 is 2.88 bits per heavy atom. The van der Waals surface area contributed by atoms with Crippen LogP contribution in [-0.2, 0) is 11.3 Å². The third-order valence-corrected chi connectivity index (χ3v) is 3.05. The number of nitrogens with zero attached hydrogens (tertiary/aromatic N) is 1. The van der Waals surface area contributed by atoms with Crippen LogP contribution in [-0.4, -0.2) is 30.9 Å². The number of carbonyl (C=O) groups is 1. The molecule has 1 amide bonds. The van der Waals surface area contributed by atoms with E-state index in [0.29, 0.717) is 11.6 Å². The van der Waals surface area contributed by atoms with Crippen LogP contribution in [0.25, 0.3) is 0 Å². The lowest BCUT2D eigenvalue weighted by Gasteiger charge is -2.30. The number of nitrogens with one attached hydrogen (secondary N) is 1. The van der Waals surface area contributed by atoms with Gasteiger partial charge in [-0.2, -0.15) is 0 Å². The van der Waals surface area contributed by atoms with E-state index < -0.39 is 0 Å². The van der Waals surface area contributed by atoms with Crippen LogP contribution in [0, 0.1) is 5.92 Å². The standard InChI is InChI=1S/C12H15ClN2O/c1-15(12(16)10-6-14-7-10)8-9-3-2-4-11(13)5-9/h2-5,10,14H,6-8H2,1H3. The number of amides is 1. The molecule has 3 nitrogen and oxygen atoms in total. The average molecular weight is 239 g/mol. The Kier molecular flexibility index (Phi) is 3.46. The first-order chi connectivity index (χ1) is 7.66. The number of hydrogen-bond donors (Lipinski definition) is 1. The van der Waals surface area contributed by atoms with Gasteiger partial charge in [0.15, 0.2) is 0 Å². The Bertz CT molecular complexity index is 390. The maximum Gasteiger partial charge on any atom is 0.228 e. The summed E-state index contributed by atoms with van der Waals surface area (Å²) in [4.78, 5) is 13.6. The highest BCUT2D eigenvalue weighted by Crippen LogP contribution is 2.14. The van der Waals surface area contributed by atoms with Gasteiger partial charge in [0.25, 0.3) is 0 Å². The van der Waals surface area contributed by atoms with Crippen molar-refractivity contribution in [2.24, 2.45) is 5.92 Å². The molecule has 0 bridgehead atoms. The van der Waals surface area contributed by atoms with Crippen LogP contribution in [0.2, 0.25) is 5.02 Å². The molecule has 4 heteroatoms. The summed E-state index contributed by atoms with van der Waals surface area (Å²) in [5.74, 6) is 0.364. The van der Waals surface area contributed by atoms with E-state index in [9.17, 15) is 4.79 Å². The zero-order valence-electron chi connectivity index (χ0n) is 9.24. The van der Waals surface area contributed by atoms with Gasteiger partial charge in [-0.05, 0) is 17.7 Å². The first-order valence-corrected chi connectivity index (χ1v) is 5.75. The molecule has 16 heavy (non-hydrogen) atoms. The molecular weight excluding hydrogens is 224 g/mol. The summed E-state index contributed by atoms with van der Waals surface area (Å²) >= 11 is 5.90. The van der Waals surface area contributed by atoms with Crippen molar-refractivity contribution >= 4 is 17.5 Å². The van der Waals surface area contributed by atoms with Gasteiger partial charge in [0.05, 0.1) is 5.92 Å². The van der Waals surface area contributed by atoms with Crippen LogP contribution >= 0.6 is 11.6 Å². The molecule has 0 saturated carbocycles. The van der Waals surface area contributed by atoms with Crippen molar-refractivity contribution in [1.82, 2.24) is 10.2 Å². The van der Waals surface area contributed by atoms with Gasteiger partial charge in [-0.1, -0.05) is 23.7 Å². The molecule has 1 N–H and O–H groups in total. The smallest absolute Gasteiger partial charge is 0.228 e. The van der Waals surface area contributed by atoms with E-state index in [-0.39, 0.29) is 11.8 Å². The summed E-state index contributed by atoms with van der Waals surface area (Å²) in [6, 6.07) is 7.61. The van der Waals surface area contributed by atoms with Crippen molar-refractivity contribution in [3.05, 3.63) is 34.9 Å². The molecule has 1 heterocycles. The quantitative estimate of drug-likeness (QED) is 0.866. The zero-order chi connectivity index (χ0) is 11.5. The summed E-state index contributed by atoms with van der Waals surface area (Å²) in [7, 11) is 1.83. The molecule has 1 aromatic rings. The fourth-order valence-electron chi connectivity index (χ4n) is 1.76. The lowest BCUT2D eigenvalue weighted by molar-refractivity contribution is -0.136. The minimum absolute atomic E-state index is 0.157. The predicted molar refractivity (Wildman–Crippen MR) is 64.3 cm³/mol. The minimum Gasteiger partial charge on any atom is -0.341 e. The largest absolute Gasteiger partial charge is 0.341 e. The number of carbonyl (C=O) groups excluding carboxylic acids is 1. The second-order valence-corrected chi connectivity index (χ2v) is 4.62. The maximum absolute atomic E-state index is 11.9. The molecule has 0 atom stereocenters. The Hall–Kier alpha value is -1.06. The minimum atomic E-state index is 0.157. The normalized spacial score (nSPS) is 15.6. The molecule has 0 unspecified atom stereocenters. The van der Waals surface area contributed by atoms with Gasteiger partial charge < -0.3 is 10.2 Å². The maximum atomic E-state index is 11.9. The zero-order valence-corrected chi connectivity index (χ0v) is 10.00. The summed E-state index contributed by atoms with van der Waals surface area (Å²) in [5, 5.41) is 3.81. The molecule has 1 fully saturated rings. The van der Waals surface area contributed by atoms with Gasteiger partial charge in [0.2, 0.25) is 5.91 Å². The Morgan fingerprint density at radius 1 is 1.56 bits per heavy atom. The van der Waals surface area contributed by atoms with Crippen molar-refractivity contribution in [3.8, 4) is 0 Å². The third-order valence-electron chi connectivity index (χ3n) is 2.82. The molecule has 86 valence electrons. The van der Waals surface area contributed by atoms with Crippen LogP contribution in [0.15, 0.2) is 24.3 Å². The van der Waals surface area contributed by atoms with Crippen molar-refractivity contribution < 1.29 is 4.79 Å². The van der Waals surface area contributed by atoms with Crippen molar-refractivity contribution in [2.75, 3.05) is 20.1 Å². The van der Waals surface area contributed by atoms with Gasteiger partial charge in [0.1, 0.15) is 0 Å². The molecule has 0 radical (unpaired) electrons. The predicted octanol–water partition coefficient (Wildman–Crippen LogP) is 1.52. The monoisotopic (exact) mass is 238 g/mol. The molecule has 1 aliphatic heterocycles. The number of hydrogen-bond acceptors (Lipinski definition) is 2. The highest BCUT2D eigenvalue weighted by atomic mass is 35.5. The number of rotatable bonds is 3. The van der Waals surface area contributed by atoms with Crippen LogP contribution in [0.5, 0.6) is 0 Å². The van der Waals surface area contributed by atoms with E-state index in [1.165, 1.54) is 0 Å². The molecule has 0 aliphatic carbocycles. The van der Waals surface area contributed by atoms with Gasteiger partial charge >= 0.3 is 0 Å². The van der Waals surface area contributed by atoms with Crippen LogP contribution < -0.4 is 5.32 Å². The summed E-state index contributed by atoms with van der Waals surface area (Å²) < 4.78 is 0. The van der Waals surface area contributed by atoms with Gasteiger partial charge in [-0.15, -0.1) is 0 Å². The summed E-state index contributed by atoms with van der Waals surface area (Å²) in [5.41, 5.74) is 1.07. The molecule has 0 aromatic heterocycles. The number of halogens is 1. The SMILES string of the molecule is CN(Cc1cccc(Cl)c1)C(=O)C1CNC1. The Balaban J connectivity index is 1.95. The topological polar surface area (TPSA) is 32.3 Å². The molecular formula is C12H15ClN2O. The lowest BCUT2D eigenvalue weighted by Crippen LogP contribution is -2.50. The first-order valence-electron chi connectivity index (χ1n) is 5.37. The lowest BCUT2D eigenvalue weighted by atomic mass is 10.0. The Morgan fingerprint density at radius 2 is 2.31 bits per heavy atom. The van der Waals surface area contributed by atoms with Crippen molar-refractivity contribution in [3.63, 3.8) is 0 Å². The van der Waals surface area contributed by atoms with E-state index in [4.69, 9.17) is 11.6 Å². The average Bonchev–Trinajstić information content (AvgIpc) is 2.14. The molecule has 0 spiro atoms. The highest BCUT2D eigenvalue weighted by Gasteiger charge is 2.27. The molecule has 1 aliphatic rings. The van der Waals surface area contributed by atoms with Crippen LogP contribution in [0.3, 0.4) is 0 Å². The molecule has 2 rings (SSSR count). The molecule has 1 saturated heterocycles. The molecule has 1 aromatic carbocycles. The fourth-order valence-corrected chi connectivity index (χ4v) is 1.97. The summed E-state index contributed by atoms with van der Waals surface area (Å²) in [6.07, 6.45) is 0. The van der Waals surface area contributed by atoms with Crippen molar-refractivity contribution in [1.29, 1.82) is 0 Å². The Labute approximate surface area is 100 Å². The van der Waals surface area contributed by atoms with Crippen LogP contribution in [0.4, 0.5) is 0 Å². The van der Waals surface area contributed by atoms with Gasteiger partial charge in [-0.25, -0.2) is 0 Å². The van der Waals surface area contributed by atoms with Gasteiger partial charge in [0, 0.05) is 31.7 Å². The fraction of sp³-hybridized carbons (Fsp3) is 0.417. The van der Waals surface area contributed by atoms with Crippen LogP contribution in [0.1, 0.15) is 5.56 Å². The van der Waals surface area contributed by atoms with E-state index in [1.807, 2.05) is 31.3 Å².